The van der Waals surface area contributed by atoms with Crippen molar-refractivity contribution in [2.24, 2.45) is 0 Å². The van der Waals surface area contributed by atoms with Crippen LogP contribution < -0.4 is 5.32 Å². The lowest BCUT2D eigenvalue weighted by Gasteiger charge is -2.11. The summed E-state index contributed by atoms with van der Waals surface area (Å²) in [6, 6.07) is 2.95. The van der Waals surface area contributed by atoms with E-state index in [0.717, 1.165) is 37.9 Å². The molecular weight excluding hydrogens is 274 g/mol. The average Bonchev–Trinajstić information content (AvgIpc) is 2.88. The van der Waals surface area contributed by atoms with Crippen molar-refractivity contribution in [3.63, 3.8) is 0 Å². The third-order valence-corrected chi connectivity index (χ3v) is 3.41. The topological polar surface area (TPSA) is 21.3 Å². The van der Waals surface area contributed by atoms with E-state index >= 15 is 0 Å². The largest absolute Gasteiger partial charge is 0.416 e. The summed E-state index contributed by atoms with van der Waals surface area (Å²) >= 11 is 0. The highest BCUT2D eigenvalue weighted by molar-refractivity contribution is 5.25. The summed E-state index contributed by atoms with van der Waals surface area (Å²) in [5, 5.41) is 3.31. The van der Waals surface area contributed by atoms with E-state index in [-0.39, 0.29) is 12.2 Å². The Kier molecular flexibility index (Phi) is 4.99. The Labute approximate surface area is 115 Å². The smallest absolute Gasteiger partial charge is 0.377 e. The monoisotopic (exact) mass is 291 g/mol. The third kappa shape index (κ3) is 4.18. The molecule has 0 spiro atoms. The van der Waals surface area contributed by atoms with Crippen molar-refractivity contribution < 1.29 is 22.3 Å². The molecule has 1 heterocycles. The second-order valence-corrected chi connectivity index (χ2v) is 4.94. The van der Waals surface area contributed by atoms with E-state index in [1.807, 2.05) is 0 Å². The van der Waals surface area contributed by atoms with Gasteiger partial charge in [-0.3, -0.25) is 0 Å². The van der Waals surface area contributed by atoms with Crippen molar-refractivity contribution in [1.82, 2.24) is 5.32 Å². The lowest BCUT2D eigenvalue weighted by molar-refractivity contribution is -0.137. The van der Waals surface area contributed by atoms with Gasteiger partial charge in [0, 0.05) is 18.2 Å². The maximum Gasteiger partial charge on any atom is 0.416 e. The Bertz CT molecular complexity index is 441. The minimum atomic E-state index is -4.52. The van der Waals surface area contributed by atoms with Gasteiger partial charge in [-0.05, 0) is 37.9 Å². The third-order valence-electron chi connectivity index (χ3n) is 3.41. The fourth-order valence-corrected chi connectivity index (χ4v) is 2.25. The number of ether oxygens (including phenoxy) is 1. The van der Waals surface area contributed by atoms with Crippen LogP contribution in [0.25, 0.3) is 0 Å². The van der Waals surface area contributed by atoms with Gasteiger partial charge in [0.15, 0.2) is 0 Å². The van der Waals surface area contributed by atoms with Gasteiger partial charge in [0.25, 0.3) is 0 Å². The Morgan fingerprint density at radius 3 is 2.70 bits per heavy atom. The standard InChI is InChI=1S/C14H17F4NO/c15-13-8-11(14(16,17)18)4-3-10(13)9-20-7-5-12-2-1-6-19-12/h3-4,8,12,19H,1-2,5-7,9H2. The Morgan fingerprint density at radius 2 is 2.10 bits per heavy atom. The zero-order valence-corrected chi connectivity index (χ0v) is 11.0. The molecule has 0 bridgehead atoms. The molecule has 0 aromatic heterocycles. The van der Waals surface area contributed by atoms with Crippen LogP contribution in [0.3, 0.4) is 0 Å². The van der Waals surface area contributed by atoms with Gasteiger partial charge in [-0.25, -0.2) is 4.39 Å². The summed E-state index contributed by atoms with van der Waals surface area (Å²) in [6.07, 6.45) is -1.42. The van der Waals surface area contributed by atoms with Crippen molar-refractivity contribution in [3.05, 3.63) is 35.1 Å². The first-order chi connectivity index (χ1) is 9.47. The predicted molar refractivity (Wildman–Crippen MR) is 66.7 cm³/mol. The quantitative estimate of drug-likeness (QED) is 0.662. The molecule has 1 N–H and O–H groups in total. The molecule has 1 atom stereocenters. The molecule has 112 valence electrons. The molecule has 1 saturated heterocycles. The summed E-state index contributed by atoms with van der Waals surface area (Å²) in [6.45, 7) is 1.48. The van der Waals surface area contributed by atoms with Gasteiger partial charge in [-0.2, -0.15) is 13.2 Å². The molecule has 1 aromatic rings. The van der Waals surface area contributed by atoms with Gasteiger partial charge in [-0.1, -0.05) is 6.07 Å². The molecule has 6 heteroatoms. The van der Waals surface area contributed by atoms with Crippen molar-refractivity contribution in [1.29, 1.82) is 0 Å². The van der Waals surface area contributed by atoms with Crippen molar-refractivity contribution in [2.45, 2.75) is 38.1 Å². The molecule has 0 aliphatic carbocycles. The number of nitrogens with one attached hydrogen (secondary N) is 1. The van der Waals surface area contributed by atoms with Crippen molar-refractivity contribution in [2.75, 3.05) is 13.2 Å². The molecule has 0 radical (unpaired) electrons. The number of halogens is 4. The summed E-state index contributed by atoms with van der Waals surface area (Å²) in [5.41, 5.74) is -0.828. The maximum atomic E-state index is 13.5. The van der Waals surface area contributed by atoms with Crippen molar-refractivity contribution >= 4 is 0 Å². The highest BCUT2D eigenvalue weighted by atomic mass is 19.4. The first kappa shape index (κ1) is 15.3. The second kappa shape index (κ2) is 6.54. The molecule has 1 unspecified atom stereocenters. The van der Waals surface area contributed by atoms with Crippen LogP contribution in [0.4, 0.5) is 17.6 Å². The maximum absolute atomic E-state index is 13.5. The van der Waals surface area contributed by atoms with Crippen molar-refractivity contribution in [3.8, 4) is 0 Å². The van der Waals surface area contributed by atoms with E-state index in [0.29, 0.717) is 18.7 Å². The SMILES string of the molecule is Fc1cc(C(F)(F)F)ccc1COCCC1CCCN1. The molecule has 20 heavy (non-hydrogen) atoms. The van der Waals surface area contributed by atoms with Crippen LogP contribution in [0.2, 0.25) is 0 Å². The van der Waals surface area contributed by atoms with E-state index in [4.69, 9.17) is 4.74 Å². The van der Waals surface area contributed by atoms with Gasteiger partial charge in [0.1, 0.15) is 5.82 Å². The summed E-state index contributed by atoms with van der Waals surface area (Å²) in [7, 11) is 0. The molecule has 0 amide bonds. The molecule has 0 saturated carbocycles. The highest BCUT2D eigenvalue weighted by Gasteiger charge is 2.31. The average molecular weight is 291 g/mol. The van der Waals surface area contributed by atoms with E-state index in [2.05, 4.69) is 5.32 Å². The molecule has 1 aliphatic heterocycles. The van der Waals surface area contributed by atoms with Gasteiger partial charge in [0.05, 0.1) is 12.2 Å². The lowest BCUT2D eigenvalue weighted by atomic mass is 10.1. The van der Waals surface area contributed by atoms with Crippen LogP contribution in [0.1, 0.15) is 30.4 Å². The molecule has 2 nitrogen and oxygen atoms in total. The number of hydrogen-bond acceptors (Lipinski definition) is 2. The first-order valence-electron chi connectivity index (χ1n) is 6.63. The predicted octanol–water partition coefficient (Wildman–Crippen LogP) is 3.50. The summed E-state index contributed by atoms with van der Waals surface area (Å²) in [4.78, 5) is 0. The fraction of sp³-hybridized carbons (Fsp3) is 0.571. The second-order valence-electron chi connectivity index (χ2n) is 4.94. The van der Waals surface area contributed by atoms with Gasteiger partial charge in [-0.15, -0.1) is 0 Å². The van der Waals surface area contributed by atoms with E-state index in [9.17, 15) is 17.6 Å². The zero-order chi connectivity index (χ0) is 14.6. The number of benzene rings is 1. The van der Waals surface area contributed by atoms with Crippen LogP contribution in [-0.2, 0) is 17.5 Å². The number of hydrogen-bond donors (Lipinski definition) is 1. The molecule has 1 fully saturated rings. The van der Waals surface area contributed by atoms with Gasteiger partial charge < -0.3 is 10.1 Å². The zero-order valence-electron chi connectivity index (χ0n) is 11.0. The Morgan fingerprint density at radius 1 is 1.30 bits per heavy atom. The normalized spacial score (nSPS) is 19.5. The Balaban J connectivity index is 1.80. The first-order valence-corrected chi connectivity index (χ1v) is 6.63. The molecule has 1 aromatic carbocycles. The minimum absolute atomic E-state index is 0.00328. The lowest BCUT2D eigenvalue weighted by Crippen LogP contribution is -2.22. The van der Waals surface area contributed by atoms with E-state index < -0.39 is 17.6 Å². The summed E-state index contributed by atoms with van der Waals surface area (Å²) in [5.74, 6) is -0.876. The molecular formula is C14H17F4NO. The number of alkyl halides is 3. The van der Waals surface area contributed by atoms with Crippen LogP contribution in [-0.4, -0.2) is 19.2 Å². The fourth-order valence-electron chi connectivity index (χ4n) is 2.25. The number of rotatable bonds is 5. The van der Waals surface area contributed by atoms with E-state index in [1.54, 1.807) is 0 Å². The Hall–Kier alpha value is -1.14. The molecule has 1 aliphatic rings. The highest BCUT2D eigenvalue weighted by Crippen LogP contribution is 2.30. The van der Waals surface area contributed by atoms with Crippen LogP contribution >= 0.6 is 0 Å². The minimum Gasteiger partial charge on any atom is -0.377 e. The van der Waals surface area contributed by atoms with Gasteiger partial charge in [0.2, 0.25) is 0 Å². The van der Waals surface area contributed by atoms with Crippen LogP contribution in [0.15, 0.2) is 18.2 Å². The van der Waals surface area contributed by atoms with Gasteiger partial charge >= 0.3 is 6.18 Å². The van der Waals surface area contributed by atoms with Crippen LogP contribution in [0.5, 0.6) is 0 Å². The van der Waals surface area contributed by atoms with Crippen LogP contribution in [0, 0.1) is 5.82 Å². The molecule has 2 rings (SSSR count). The van der Waals surface area contributed by atoms with E-state index in [1.165, 1.54) is 0 Å². The summed E-state index contributed by atoms with van der Waals surface area (Å²) < 4.78 is 56.0.